The number of hydrogen-bond acceptors (Lipinski definition) is 3. The van der Waals surface area contributed by atoms with E-state index in [1.165, 1.54) is 6.07 Å². The molecular weight excluding hydrogens is 325 g/mol. The van der Waals surface area contributed by atoms with Crippen LogP contribution in [0.15, 0.2) is 53.7 Å². The van der Waals surface area contributed by atoms with Crippen molar-refractivity contribution in [2.75, 3.05) is 0 Å². The van der Waals surface area contributed by atoms with Gasteiger partial charge in [0.2, 0.25) is 5.91 Å². The SMILES string of the molecule is C[C@H](Sc1ccc(C(F)(F)F)cn1)C(=O)NCc1ccccc1. The lowest BCUT2D eigenvalue weighted by Gasteiger charge is -2.12. The van der Waals surface area contributed by atoms with Crippen molar-refractivity contribution in [2.24, 2.45) is 0 Å². The molecule has 122 valence electrons. The van der Waals surface area contributed by atoms with Gasteiger partial charge in [-0.3, -0.25) is 4.79 Å². The molecule has 3 nitrogen and oxygen atoms in total. The summed E-state index contributed by atoms with van der Waals surface area (Å²) in [5.41, 5.74) is 0.175. The monoisotopic (exact) mass is 340 g/mol. The molecule has 1 aromatic heterocycles. The predicted molar refractivity (Wildman–Crippen MR) is 82.8 cm³/mol. The van der Waals surface area contributed by atoms with E-state index in [0.29, 0.717) is 11.6 Å². The van der Waals surface area contributed by atoms with Gasteiger partial charge in [0.15, 0.2) is 0 Å². The van der Waals surface area contributed by atoms with Gasteiger partial charge in [-0.1, -0.05) is 42.1 Å². The maximum Gasteiger partial charge on any atom is 0.417 e. The van der Waals surface area contributed by atoms with E-state index in [9.17, 15) is 18.0 Å². The summed E-state index contributed by atoms with van der Waals surface area (Å²) >= 11 is 1.12. The summed E-state index contributed by atoms with van der Waals surface area (Å²) in [5.74, 6) is -0.194. The van der Waals surface area contributed by atoms with Gasteiger partial charge in [-0.05, 0) is 24.6 Å². The molecule has 7 heteroatoms. The summed E-state index contributed by atoms with van der Waals surface area (Å²) in [6, 6.07) is 11.7. The van der Waals surface area contributed by atoms with Crippen LogP contribution in [0.25, 0.3) is 0 Å². The highest BCUT2D eigenvalue weighted by atomic mass is 32.2. The first-order chi connectivity index (χ1) is 10.9. The van der Waals surface area contributed by atoms with Crippen LogP contribution in [0, 0.1) is 0 Å². The van der Waals surface area contributed by atoms with Gasteiger partial charge >= 0.3 is 6.18 Å². The molecule has 0 radical (unpaired) electrons. The number of carbonyl (C=O) groups excluding carboxylic acids is 1. The number of nitrogens with one attached hydrogen (secondary N) is 1. The Bertz CT molecular complexity index is 645. The fourth-order valence-corrected chi connectivity index (χ4v) is 2.59. The number of pyridine rings is 1. The zero-order valence-electron chi connectivity index (χ0n) is 12.3. The minimum atomic E-state index is -4.41. The molecule has 1 N–H and O–H groups in total. The molecule has 1 heterocycles. The number of amides is 1. The third-order valence-electron chi connectivity index (χ3n) is 3.04. The van der Waals surface area contributed by atoms with E-state index in [-0.39, 0.29) is 5.91 Å². The number of carbonyl (C=O) groups is 1. The Morgan fingerprint density at radius 2 is 1.91 bits per heavy atom. The Labute approximate surface area is 136 Å². The molecule has 1 amide bonds. The van der Waals surface area contributed by atoms with E-state index >= 15 is 0 Å². The number of halogens is 3. The van der Waals surface area contributed by atoms with Crippen LogP contribution in [0.2, 0.25) is 0 Å². The van der Waals surface area contributed by atoms with Crippen molar-refractivity contribution in [1.82, 2.24) is 10.3 Å². The van der Waals surface area contributed by atoms with Gasteiger partial charge < -0.3 is 5.32 Å². The fraction of sp³-hybridized carbons (Fsp3) is 0.250. The molecule has 1 atom stereocenters. The molecule has 0 fully saturated rings. The molecule has 0 unspecified atom stereocenters. The molecule has 0 aliphatic heterocycles. The smallest absolute Gasteiger partial charge is 0.351 e. The molecular formula is C16H15F3N2OS. The first kappa shape index (κ1) is 17.3. The Balaban J connectivity index is 1.88. The number of aromatic nitrogens is 1. The summed E-state index contributed by atoms with van der Waals surface area (Å²) in [4.78, 5) is 15.8. The number of nitrogens with zero attached hydrogens (tertiary/aromatic N) is 1. The molecule has 0 spiro atoms. The van der Waals surface area contributed by atoms with Crippen molar-refractivity contribution in [3.05, 3.63) is 59.8 Å². The molecule has 2 rings (SSSR count). The van der Waals surface area contributed by atoms with Gasteiger partial charge in [-0.15, -0.1) is 0 Å². The van der Waals surface area contributed by atoms with E-state index in [1.807, 2.05) is 30.3 Å². The van der Waals surface area contributed by atoms with Gasteiger partial charge in [-0.2, -0.15) is 13.2 Å². The van der Waals surface area contributed by atoms with Crippen LogP contribution < -0.4 is 5.32 Å². The van der Waals surface area contributed by atoms with Gasteiger partial charge in [0, 0.05) is 12.7 Å². The van der Waals surface area contributed by atoms with E-state index in [2.05, 4.69) is 10.3 Å². The second kappa shape index (κ2) is 7.50. The Hall–Kier alpha value is -2.02. The summed E-state index contributed by atoms with van der Waals surface area (Å²) in [7, 11) is 0. The van der Waals surface area contributed by atoms with Crippen molar-refractivity contribution in [3.63, 3.8) is 0 Å². The average Bonchev–Trinajstić information content (AvgIpc) is 2.53. The number of rotatable bonds is 5. The van der Waals surface area contributed by atoms with Gasteiger partial charge in [0.1, 0.15) is 0 Å². The highest BCUT2D eigenvalue weighted by molar-refractivity contribution is 8.00. The summed E-state index contributed by atoms with van der Waals surface area (Å²) in [6.07, 6.45) is -3.63. The Morgan fingerprint density at radius 3 is 2.48 bits per heavy atom. The molecule has 2 aromatic rings. The van der Waals surface area contributed by atoms with E-state index in [4.69, 9.17) is 0 Å². The highest BCUT2D eigenvalue weighted by Crippen LogP contribution is 2.30. The third kappa shape index (κ3) is 5.28. The minimum absolute atomic E-state index is 0.194. The summed E-state index contributed by atoms with van der Waals surface area (Å²) < 4.78 is 37.4. The van der Waals surface area contributed by atoms with Gasteiger partial charge in [-0.25, -0.2) is 4.98 Å². The molecule has 0 aliphatic rings. The van der Waals surface area contributed by atoms with Crippen LogP contribution in [0.3, 0.4) is 0 Å². The van der Waals surface area contributed by atoms with Crippen LogP contribution in [-0.2, 0) is 17.5 Å². The number of hydrogen-bond donors (Lipinski definition) is 1. The maximum atomic E-state index is 12.5. The number of benzene rings is 1. The van der Waals surface area contributed by atoms with Crippen molar-refractivity contribution < 1.29 is 18.0 Å². The third-order valence-corrected chi connectivity index (χ3v) is 4.09. The first-order valence-electron chi connectivity index (χ1n) is 6.88. The maximum absolute atomic E-state index is 12.5. The minimum Gasteiger partial charge on any atom is -0.351 e. The van der Waals surface area contributed by atoms with Crippen molar-refractivity contribution in [1.29, 1.82) is 0 Å². The number of thioether (sulfide) groups is 1. The predicted octanol–water partition coefficient (Wildman–Crippen LogP) is 3.90. The van der Waals surface area contributed by atoms with Crippen molar-refractivity contribution >= 4 is 17.7 Å². The summed E-state index contributed by atoms with van der Waals surface area (Å²) in [5, 5.41) is 2.71. The van der Waals surface area contributed by atoms with Crippen LogP contribution in [-0.4, -0.2) is 16.1 Å². The molecule has 0 aliphatic carbocycles. The Morgan fingerprint density at radius 1 is 1.22 bits per heavy atom. The summed E-state index contributed by atoms with van der Waals surface area (Å²) in [6.45, 7) is 2.09. The van der Waals surface area contributed by atoms with Crippen LogP contribution in [0.4, 0.5) is 13.2 Å². The van der Waals surface area contributed by atoms with Crippen LogP contribution in [0.1, 0.15) is 18.1 Å². The lowest BCUT2D eigenvalue weighted by Crippen LogP contribution is -2.30. The quantitative estimate of drug-likeness (QED) is 0.840. The van der Waals surface area contributed by atoms with Crippen LogP contribution >= 0.6 is 11.8 Å². The van der Waals surface area contributed by atoms with Crippen molar-refractivity contribution in [2.45, 2.75) is 29.9 Å². The highest BCUT2D eigenvalue weighted by Gasteiger charge is 2.30. The van der Waals surface area contributed by atoms with E-state index in [0.717, 1.165) is 29.6 Å². The molecule has 0 bridgehead atoms. The first-order valence-corrected chi connectivity index (χ1v) is 7.76. The zero-order chi connectivity index (χ0) is 16.9. The largest absolute Gasteiger partial charge is 0.417 e. The van der Waals surface area contributed by atoms with E-state index in [1.54, 1.807) is 6.92 Å². The molecule has 23 heavy (non-hydrogen) atoms. The standard InChI is InChI=1S/C16H15F3N2OS/c1-11(15(22)21-9-12-5-3-2-4-6-12)23-14-8-7-13(10-20-14)16(17,18)19/h2-8,10-11H,9H2,1H3,(H,21,22)/t11-/m0/s1. The lowest BCUT2D eigenvalue weighted by molar-refractivity contribution is -0.137. The molecule has 0 saturated heterocycles. The Kier molecular flexibility index (Phi) is 5.65. The normalized spacial score (nSPS) is 12.7. The van der Waals surface area contributed by atoms with Crippen LogP contribution in [0.5, 0.6) is 0 Å². The second-order valence-corrected chi connectivity index (χ2v) is 6.21. The number of alkyl halides is 3. The second-order valence-electron chi connectivity index (χ2n) is 4.85. The topological polar surface area (TPSA) is 42.0 Å². The molecule has 0 saturated carbocycles. The van der Waals surface area contributed by atoms with Gasteiger partial charge in [0.05, 0.1) is 15.8 Å². The lowest BCUT2D eigenvalue weighted by atomic mass is 10.2. The van der Waals surface area contributed by atoms with Crippen molar-refractivity contribution in [3.8, 4) is 0 Å². The average molecular weight is 340 g/mol. The molecule has 1 aromatic carbocycles. The zero-order valence-corrected chi connectivity index (χ0v) is 13.1. The van der Waals surface area contributed by atoms with Gasteiger partial charge in [0.25, 0.3) is 0 Å². The fourth-order valence-electron chi connectivity index (χ4n) is 1.78. The van der Waals surface area contributed by atoms with E-state index < -0.39 is 17.0 Å².